The maximum atomic E-state index is 6.01. The number of aryl methyl sites for hydroxylation is 1. The summed E-state index contributed by atoms with van der Waals surface area (Å²) in [7, 11) is -0.0308. The lowest BCUT2D eigenvalue weighted by Gasteiger charge is -2.32. The first-order valence-corrected chi connectivity index (χ1v) is 7.80. The molecular weight excluding hydrogens is 247 g/mol. The highest BCUT2D eigenvalue weighted by molar-refractivity contribution is 6.45. The lowest BCUT2D eigenvalue weighted by Crippen LogP contribution is -2.41. The number of unbranched alkanes of at least 4 members (excludes halogenated alkanes) is 2. The van der Waals surface area contributed by atoms with Crippen LogP contribution in [0.3, 0.4) is 0 Å². The highest BCUT2D eigenvalue weighted by Crippen LogP contribution is 2.38. The summed E-state index contributed by atoms with van der Waals surface area (Å²) < 4.78 is 12.0. The van der Waals surface area contributed by atoms with Crippen molar-refractivity contribution in [2.45, 2.75) is 70.9 Å². The Morgan fingerprint density at radius 1 is 0.850 bits per heavy atom. The summed E-state index contributed by atoms with van der Waals surface area (Å²) in [5.74, 6) is 0. The van der Waals surface area contributed by atoms with Crippen molar-refractivity contribution in [2.75, 3.05) is 0 Å². The normalized spacial score (nSPS) is 20.3. The molecule has 1 aromatic carbocycles. The molecule has 0 saturated carbocycles. The van der Waals surface area contributed by atoms with Gasteiger partial charge in [0.05, 0.1) is 11.2 Å². The first kappa shape index (κ1) is 15.6. The van der Waals surface area contributed by atoms with Gasteiger partial charge in [-0.15, -0.1) is 0 Å². The van der Waals surface area contributed by atoms with E-state index in [4.69, 9.17) is 9.31 Å². The molecule has 1 aromatic rings. The van der Waals surface area contributed by atoms with Gasteiger partial charge >= 0.3 is 7.12 Å². The molecule has 110 valence electrons. The smallest absolute Gasteiger partial charge is 0.403 e. The van der Waals surface area contributed by atoms with E-state index in [1.54, 1.807) is 0 Å². The van der Waals surface area contributed by atoms with E-state index in [0.29, 0.717) is 0 Å². The summed E-state index contributed by atoms with van der Waals surface area (Å²) in [6.45, 7) is 8.45. The Morgan fingerprint density at radius 2 is 1.45 bits per heavy atom. The second kappa shape index (κ2) is 6.32. The third-order valence-corrected chi connectivity index (χ3v) is 4.55. The summed E-state index contributed by atoms with van der Waals surface area (Å²) in [4.78, 5) is 0. The van der Waals surface area contributed by atoms with Gasteiger partial charge in [-0.1, -0.05) is 43.2 Å². The van der Waals surface area contributed by atoms with Crippen LogP contribution in [0.5, 0.6) is 0 Å². The molecule has 0 spiro atoms. The Labute approximate surface area is 124 Å². The van der Waals surface area contributed by atoms with Crippen LogP contribution >= 0.6 is 0 Å². The summed E-state index contributed by atoms with van der Waals surface area (Å²) >= 11 is 0. The predicted molar refractivity (Wildman–Crippen MR) is 84.9 cm³/mol. The first-order chi connectivity index (χ1) is 9.41. The Morgan fingerprint density at radius 3 is 2.05 bits per heavy atom. The van der Waals surface area contributed by atoms with Gasteiger partial charge in [-0.3, -0.25) is 0 Å². The van der Waals surface area contributed by atoms with Crippen molar-refractivity contribution < 1.29 is 9.31 Å². The van der Waals surface area contributed by atoms with Crippen molar-refractivity contribution in [1.82, 2.24) is 0 Å². The van der Waals surface area contributed by atoms with E-state index >= 15 is 0 Å². The summed E-state index contributed by atoms with van der Waals surface area (Å²) in [5, 5.41) is 0. The second-order valence-electron chi connectivity index (χ2n) is 6.77. The van der Waals surface area contributed by atoms with Gasteiger partial charge in [0.1, 0.15) is 0 Å². The van der Waals surface area contributed by atoms with E-state index < -0.39 is 0 Å². The van der Waals surface area contributed by atoms with Gasteiger partial charge < -0.3 is 9.31 Å². The van der Waals surface area contributed by atoms with Crippen molar-refractivity contribution in [3.05, 3.63) is 35.9 Å². The van der Waals surface area contributed by atoms with Gasteiger partial charge in [-0.25, -0.2) is 0 Å². The van der Waals surface area contributed by atoms with Crippen molar-refractivity contribution in [2.24, 2.45) is 0 Å². The van der Waals surface area contributed by atoms with Crippen LogP contribution in [-0.2, 0) is 15.7 Å². The minimum Gasteiger partial charge on any atom is -0.403 e. The lowest BCUT2D eigenvalue weighted by molar-refractivity contribution is 0.00578. The highest BCUT2D eigenvalue weighted by Gasteiger charge is 2.50. The van der Waals surface area contributed by atoms with Crippen LogP contribution in [0.1, 0.15) is 52.5 Å². The molecule has 1 aliphatic rings. The van der Waals surface area contributed by atoms with Crippen LogP contribution < -0.4 is 0 Å². The van der Waals surface area contributed by atoms with E-state index in [2.05, 4.69) is 58.0 Å². The van der Waals surface area contributed by atoms with Crippen LogP contribution in [0.15, 0.2) is 30.3 Å². The van der Waals surface area contributed by atoms with Gasteiger partial charge in [-0.2, -0.15) is 0 Å². The molecule has 0 radical (unpaired) electrons. The van der Waals surface area contributed by atoms with Crippen molar-refractivity contribution in [1.29, 1.82) is 0 Å². The first-order valence-electron chi connectivity index (χ1n) is 7.80. The molecule has 20 heavy (non-hydrogen) atoms. The van der Waals surface area contributed by atoms with E-state index in [1.165, 1.54) is 31.2 Å². The van der Waals surface area contributed by atoms with Gasteiger partial charge in [0.15, 0.2) is 0 Å². The van der Waals surface area contributed by atoms with Crippen molar-refractivity contribution >= 4 is 7.12 Å². The minimum absolute atomic E-state index is 0.0308. The maximum Gasteiger partial charge on any atom is 0.457 e. The summed E-state index contributed by atoms with van der Waals surface area (Å²) in [5.41, 5.74) is 1.05. The molecule has 2 rings (SSSR count). The maximum absolute atomic E-state index is 6.01. The number of rotatable bonds is 6. The van der Waals surface area contributed by atoms with Gasteiger partial charge in [0.25, 0.3) is 0 Å². The predicted octanol–water partition coefficient (Wildman–Crippen LogP) is 4.49. The molecule has 0 amide bonds. The van der Waals surface area contributed by atoms with Crippen molar-refractivity contribution in [3.63, 3.8) is 0 Å². The van der Waals surface area contributed by atoms with Crippen LogP contribution in [0, 0.1) is 0 Å². The van der Waals surface area contributed by atoms with Crippen LogP contribution in [0.2, 0.25) is 6.32 Å². The molecule has 0 aromatic heterocycles. The Balaban J connectivity index is 1.63. The van der Waals surface area contributed by atoms with E-state index in [-0.39, 0.29) is 18.3 Å². The van der Waals surface area contributed by atoms with E-state index in [0.717, 1.165) is 6.32 Å². The van der Waals surface area contributed by atoms with Gasteiger partial charge in [-0.05, 0) is 52.4 Å². The quantitative estimate of drug-likeness (QED) is 0.562. The Kier molecular flexibility index (Phi) is 4.93. The highest BCUT2D eigenvalue weighted by atomic mass is 16.7. The fraction of sp³-hybridized carbons (Fsp3) is 0.647. The Hall–Kier alpha value is -0.795. The molecule has 1 aliphatic heterocycles. The average molecular weight is 274 g/mol. The van der Waals surface area contributed by atoms with Crippen LogP contribution in [-0.4, -0.2) is 18.3 Å². The number of benzene rings is 1. The standard InChI is InChI=1S/C17H27BO2/c1-16(2)17(3,4)20-18(19-16)14-10-6-9-13-15-11-7-5-8-12-15/h5,7-8,11-12H,6,9-10,13-14H2,1-4H3. The average Bonchev–Trinajstić information content (AvgIpc) is 2.58. The fourth-order valence-electron chi connectivity index (χ4n) is 2.54. The molecule has 0 N–H and O–H groups in total. The molecular formula is C17H27BO2. The number of hydrogen-bond donors (Lipinski definition) is 0. The lowest BCUT2D eigenvalue weighted by atomic mass is 9.82. The van der Waals surface area contributed by atoms with Gasteiger partial charge in [0, 0.05) is 0 Å². The molecule has 3 heteroatoms. The molecule has 1 fully saturated rings. The van der Waals surface area contributed by atoms with Crippen molar-refractivity contribution in [3.8, 4) is 0 Å². The summed E-state index contributed by atoms with van der Waals surface area (Å²) in [6, 6.07) is 10.7. The molecule has 2 nitrogen and oxygen atoms in total. The summed E-state index contributed by atoms with van der Waals surface area (Å²) in [6.07, 6.45) is 5.82. The molecule has 0 bridgehead atoms. The zero-order chi connectivity index (χ0) is 14.6. The zero-order valence-corrected chi connectivity index (χ0v) is 13.3. The fourth-order valence-corrected chi connectivity index (χ4v) is 2.54. The monoisotopic (exact) mass is 274 g/mol. The number of hydrogen-bond acceptors (Lipinski definition) is 2. The second-order valence-corrected chi connectivity index (χ2v) is 6.77. The third-order valence-electron chi connectivity index (χ3n) is 4.55. The molecule has 0 atom stereocenters. The Bertz CT molecular complexity index is 398. The zero-order valence-electron chi connectivity index (χ0n) is 13.3. The largest absolute Gasteiger partial charge is 0.457 e. The van der Waals surface area contributed by atoms with E-state index in [9.17, 15) is 0 Å². The molecule has 0 aliphatic carbocycles. The minimum atomic E-state index is -0.193. The van der Waals surface area contributed by atoms with Crippen LogP contribution in [0.4, 0.5) is 0 Å². The SMILES string of the molecule is CC1(C)OB(CCCCCc2ccccc2)OC1(C)C. The molecule has 1 heterocycles. The third kappa shape index (κ3) is 3.86. The van der Waals surface area contributed by atoms with E-state index in [1.807, 2.05) is 0 Å². The molecule has 0 unspecified atom stereocenters. The molecule has 1 saturated heterocycles. The topological polar surface area (TPSA) is 18.5 Å². The van der Waals surface area contributed by atoms with Gasteiger partial charge in [0.2, 0.25) is 0 Å². The van der Waals surface area contributed by atoms with Crippen LogP contribution in [0.25, 0.3) is 0 Å².